The molecule has 2 N–H and O–H groups in total. The minimum absolute atomic E-state index is 0. The molecule has 2 aromatic rings. The molecule has 0 aliphatic carbocycles. The molecule has 0 amide bonds. The maximum Gasteiger partial charge on any atom is 0.117 e. The van der Waals surface area contributed by atoms with Gasteiger partial charge >= 0.3 is 0 Å². The first kappa shape index (κ1) is 19.5. The summed E-state index contributed by atoms with van der Waals surface area (Å²) in [7, 11) is 0. The Morgan fingerprint density at radius 3 is 2.29 bits per heavy atom. The maximum absolute atomic E-state index is 10.1. The van der Waals surface area contributed by atoms with Crippen LogP contribution in [-0.2, 0) is 10.3 Å². The van der Waals surface area contributed by atoms with Crippen LogP contribution < -0.4 is 5.32 Å². The summed E-state index contributed by atoms with van der Waals surface area (Å²) >= 11 is 12.9. The lowest BCUT2D eigenvalue weighted by Gasteiger charge is -2.44. The highest BCUT2D eigenvalue weighted by Crippen LogP contribution is 2.46. The van der Waals surface area contributed by atoms with Crippen LogP contribution in [0.4, 0.5) is 0 Å². The average Bonchev–Trinajstić information content (AvgIpc) is 2.57. The van der Waals surface area contributed by atoms with E-state index in [9.17, 15) is 5.11 Å². The number of halogens is 3. The highest BCUT2D eigenvalue weighted by atomic mass is 35.5. The van der Waals surface area contributed by atoms with Crippen molar-refractivity contribution in [2.24, 2.45) is 0 Å². The zero-order valence-corrected chi connectivity index (χ0v) is 15.4. The Hall–Kier alpha value is -0.810. The molecule has 3 rings (SSSR count). The molecule has 0 bridgehead atoms. The van der Waals surface area contributed by atoms with Crippen LogP contribution >= 0.6 is 35.6 Å². The summed E-state index contributed by atoms with van der Waals surface area (Å²) in [4.78, 5) is 0. The third-order valence-electron chi connectivity index (χ3n) is 4.36. The first-order valence-corrected chi connectivity index (χ1v) is 8.39. The van der Waals surface area contributed by atoms with Crippen LogP contribution in [-0.4, -0.2) is 31.4 Å². The van der Waals surface area contributed by atoms with Crippen molar-refractivity contribution in [2.45, 2.75) is 11.5 Å². The van der Waals surface area contributed by atoms with Crippen molar-refractivity contribution in [3.8, 4) is 0 Å². The molecule has 0 aromatic heterocycles. The Bertz CT molecular complexity index is 640. The summed E-state index contributed by atoms with van der Waals surface area (Å²) in [6.07, 6.45) is 0. The van der Waals surface area contributed by atoms with Crippen LogP contribution in [0.5, 0.6) is 0 Å². The fourth-order valence-corrected chi connectivity index (χ4v) is 4.02. The second-order valence-electron chi connectivity index (χ2n) is 5.66. The number of hydrogen-bond donors (Lipinski definition) is 2. The lowest BCUT2D eigenvalue weighted by Crippen LogP contribution is -2.52. The normalized spacial score (nSPS) is 21.8. The summed E-state index contributed by atoms with van der Waals surface area (Å²) in [5.41, 5.74) is 0.928. The van der Waals surface area contributed by atoms with Gasteiger partial charge in [0.2, 0.25) is 0 Å². The van der Waals surface area contributed by atoms with E-state index in [-0.39, 0.29) is 24.9 Å². The summed E-state index contributed by atoms with van der Waals surface area (Å²) in [5, 5.41) is 14.6. The number of ether oxygens (including phenoxy) is 1. The van der Waals surface area contributed by atoms with Gasteiger partial charge in [0.25, 0.3) is 0 Å². The largest absolute Gasteiger partial charge is 0.396 e. The van der Waals surface area contributed by atoms with Gasteiger partial charge < -0.3 is 15.2 Å². The molecule has 2 aromatic carbocycles. The van der Waals surface area contributed by atoms with Crippen LogP contribution in [0.1, 0.15) is 17.0 Å². The lowest BCUT2D eigenvalue weighted by atomic mass is 9.76. The van der Waals surface area contributed by atoms with E-state index in [4.69, 9.17) is 27.9 Å². The topological polar surface area (TPSA) is 41.5 Å². The SMILES string of the molecule is Cl.OCC(c1ccccc1)C1(c2c(Cl)cccc2Cl)CNCCO1. The molecule has 1 fully saturated rings. The van der Waals surface area contributed by atoms with Crippen molar-refractivity contribution in [3.05, 3.63) is 69.7 Å². The fourth-order valence-electron chi connectivity index (χ4n) is 3.30. The number of hydrogen-bond acceptors (Lipinski definition) is 3. The number of morpholine rings is 1. The first-order chi connectivity index (χ1) is 11.2. The number of nitrogens with one attached hydrogen (secondary N) is 1. The number of aliphatic hydroxyl groups excluding tert-OH is 1. The second kappa shape index (κ2) is 8.52. The molecule has 1 aliphatic rings. The zero-order valence-electron chi connectivity index (χ0n) is 13.0. The molecule has 1 aliphatic heterocycles. The third-order valence-corrected chi connectivity index (χ3v) is 4.99. The van der Waals surface area contributed by atoms with E-state index in [0.717, 1.165) is 17.7 Å². The van der Waals surface area contributed by atoms with Crippen LogP contribution in [0.2, 0.25) is 10.0 Å². The van der Waals surface area contributed by atoms with Gasteiger partial charge in [0.15, 0.2) is 0 Å². The third kappa shape index (κ3) is 3.57. The maximum atomic E-state index is 10.1. The molecule has 130 valence electrons. The van der Waals surface area contributed by atoms with Crippen LogP contribution in [0.3, 0.4) is 0 Å². The molecule has 0 saturated carbocycles. The monoisotopic (exact) mass is 387 g/mol. The lowest BCUT2D eigenvalue weighted by molar-refractivity contribution is -0.0990. The number of aliphatic hydroxyl groups is 1. The van der Waals surface area contributed by atoms with E-state index in [1.807, 2.05) is 48.5 Å². The van der Waals surface area contributed by atoms with Gasteiger partial charge in [-0.15, -0.1) is 12.4 Å². The smallest absolute Gasteiger partial charge is 0.117 e. The van der Waals surface area contributed by atoms with E-state index >= 15 is 0 Å². The van der Waals surface area contributed by atoms with Crippen molar-refractivity contribution >= 4 is 35.6 Å². The number of rotatable bonds is 4. The number of benzene rings is 2. The van der Waals surface area contributed by atoms with Crippen molar-refractivity contribution < 1.29 is 9.84 Å². The van der Waals surface area contributed by atoms with Gasteiger partial charge in [0.05, 0.1) is 13.2 Å². The van der Waals surface area contributed by atoms with Gasteiger partial charge in [-0.25, -0.2) is 0 Å². The summed E-state index contributed by atoms with van der Waals surface area (Å²) in [6, 6.07) is 15.3. The van der Waals surface area contributed by atoms with Gasteiger partial charge in [-0.05, 0) is 17.7 Å². The van der Waals surface area contributed by atoms with Gasteiger partial charge in [-0.2, -0.15) is 0 Å². The minimum Gasteiger partial charge on any atom is -0.396 e. The first-order valence-electron chi connectivity index (χ1n) is 7.64. The van der Waals surface area contributed by atoms with Crippen LogP contribution in [0.15, 0.2) is 48.5 Å². The second-order valence-corrected chi connectivity index (χ2v) is 6.47. The van der Waals surface area contributed by atoms with E-state index < -0.39 is 5.60 Å². The van der Waals surface area contributed by atoms with Crippen molar-refractivity contribution in [1.29, 1.82) is 0 Å². The van der Waals surface area contributed by atoms with Crippen LogP contribution in [0.25, 0.3) is 0 Å². The van der Waals surface area contributed by atoms with Gasteiger partial charge in [-0.3, -0.25) is 0 Å². The molecular weight excluding hydrogens is 369 g/mol. The fraction of sp³-hybridized carbons (Fsp3) is 0.333. The van der Waals surface area contributed by atoms with E-state index in [2.05, 4.69) is 5.32 Å². The van der Waals surface area contributed by atoms with Crippen LogP contribution in [0, 0.1) is 0 Å². The summed E-state index contributed by atoms with van der Waals surface area (Å²) < 4.78 is 6.23. The molecule has 3 nitrogen and oxygen atoms in total. The molecule has 1 heterocycles. The zero-order chi connectivity index (χ0) is 16.3. The predicted molar refractivity (Wildman–Crippen MR) is 100 cm³/mol. The molecule has 2 unspecified atom stereocenters. The predicted octanol–water partition coefficient (Wildman–Crippen LogP) is 4.01. The van der Waals surface area contributed by atoms with Crippen molar-refractivity contribution in [2.75, 3.05) is 26.3 Å². The molecule has 24 heavy (non-hydrogen) atoms. The van der Waals surface area contributed by atoms with E-state index in [0.29, 0.717) is 23.2 Å². The Balaban J connectivity index is 0.00000208. The summed E-state index contributed by atoms with van der Waals surface area (Å²) in [5.74, 6) is -0.270. The molecular formula is C18H20Cl3NO2. The van der Waals surface area contributed by atoms with E-state index in [1.165, 1.54) is 0 Å². The molecule has 0 spiro atoms. The average molecular weight is 389 g/mol. The Morgan fingerprint density at radius 1 is 1.08 bits per heavy atom. The molecule has 2 atom stereocenters. The van der Waals surface area contributed by atoms with Gasteiger partial charge in [-0.1, -0.05) is 59.6 Å². The molecule has 1 saturated heterocycles. The Kier molecular flexibility index (Phi) is 6.93. The molecule has 6 heteroatoms. The van der Waals surface area contributed by atoms with Gasteiger partial charge in [0.1, 0.15) is 5.60 Å². The van der Waals surface area contributed by atoms with Crippen molar-refractivity contribution in [3.63, 3.8) is 0 Å². The highest BCUT2D eigenvalue weighted by Gasteiger charge is 2.46. The quantitative estimate of drug-likeness (QED) is 0.831. The van der Waals surface area contributed by atoms with Crippen molar-refractivity contribution in [1.82, 2.24) is 5.32 Å². The Morgan fingerprint density at radius 2 is 1.75 bits per heavy atom. The standard InChI is InChI=1S/C18H19Cl2NO2.ClH/c19-15-7-4-8-16(20)17(15)18(12-21-9-10-23-18)14(11-22)13-5-2-1-3-6-13;/h1-8,14,21-22H,9-12H2;1H. The summed E-state index contributed by atoms with van der Waals surface area (Å²) in [6.45, 7) is 1.77. The minimum atomic E-state index is -0.802. The highest BCUT2D eigenvalue weighted by molar-refractivity contribution is 6.36. The molecule has 0 radical (unpaired) electrons. The van der Waals surface area contributed by atoms with E-state index in [1.54, 1.807) is 0 Å². The van der Waals surface area contributed by atoms with Gasteiger partial charge in [0, 0.05) is 34.6 Å². The Labute approximate surface area is 158 Å².